The zero-order valence-corrected chi connectivity index (χ0v) is 44.3. The molecule has 0 aliphatic carbocycles. The van der Waals surface area contributed by atoms with Crippen molar-refractivity contribution in [1.29, 1.82) is 0 Å². The molecule has 0 aromatic heterocycles. The number of primary amides is 1. The van der Waals surface area contributed by atoms with E-state index in [2.05, 4.69) is 52.5 Å². The van der Waals surface area contributed by atoms with Gasteiger partial charge in [-0.2, -0.15) is 0 Å². The first-order valence-corrected chi connectivity index (χ1v) is 24.8. The van der Waals surface area contributed by atoms with Crippen LogP contribution in [0, 0.1) is 23.7 Å². The Hall–Kier alpha value is -6.35. The van der Waals surface area contributed by atoms with Crippen molar-refractivity contribution >= 4 is 65.1 Å². The first-order valence-electron chi connectivity index (χ1n) is 24.8. The second kappa shape index (κ2) is 34.1. The van der Waals surface area contributed by atoms with Gasteiger partial charge in [0.1, 0.15) is 42.3 Å². The van der Waals surface area contributed by atoms with Gasteiger partial charge in [0, 0.05) is 13.1 Å². The van der Waals surface area contributed by atoms with Crippen molar-refractivity contribution in [1.82, 2.24) is 42.5 Å². The molecule has 0 heterocycles. The maximum Gasteiger partial charge on any atom is 0.245 e. The minimum Gasteiger partial charge on any atom is -0.391 e. The van der Waals surface area contributed by atoms with Crippen LogP contribution in [0.5, 0.6) is 0 Å². The van der Waals surface area contributed by atoms with E-state index in [-0.39, 0.29) is 87.2 Å². The largest absolute Gasteiger partial charge is 0.391 e. The fourth-order valence-corrected chi connectivity index (χ4v) is 7.21. The van der Waals surface area contributed by atoms with Gasteiger partial charge in [0.25, 0.3) is 0 Å². The molecule has 9 amide bonds. The van der Waals surface area contributed by atoms with Gasteiger partial charge in [-0.05, 0) is 88.9 Å². The number of carbonyl (C=O) groups excluding carboxylic acids is 9. The summed E-state index contributed by atoms with van der Waals surface area (Å²) in [5.74, 6) is -8.30. The van der Waals surface area contributed by atoms with Gasteiger partial charge < -0.3 is 87.1 Å². The molecule has 0 spiro atoms. The van der Waals surface area contributed by atoms with E-state index in [1.807, 2.05) is 13.8 Å². The summed E-state index contributed by atoms with van der Waals surface area (Å²) in [7, 11) is 0. The van der Waals surface area contributed by atoms with Crippen molar-refractivity contribution in [3.05, 3.63) is 0 Å². The molecule has 22 N–H and O–H groups in total. The van der Waals surface area contributed by atoms with E-state index in [1.54, 1.807) is 41.5 Å². The standard InChI is InChI=1S/C46H88N16O11/c1-22(2)17-28(47)38(67)61-35(26(9)63)43(72)60-33(20-25(7)8)41(70)58-30(14-12-16-54-46(51)52)39(68)55-21-34(65)56-31(18-23(3)4)42(71)62-36(27(10)64)44(73)59-32(19-24(5)6)40(69)57-29(37(48)66)13-11-15-53-45(49)50/h22-33,35-36,63-64H,11-21,47H2,1-10H3,(H2,48,66)(H,55,68)(H,56,65)(H,57,69)(H,58,70)(H,59,73)(H,60,72)(H,61,67)(H,62,71)(H4,49,50,53)(H4,51,52,54)/t26-,27-,28+,29+,30+,31+,32+,33+,35+,36+/m1/s1. The van der Waals surface area contributed by atoms with Gasteiger partial charge in [0.05, 0.1) is 24.8 Å². The van der Waals surface area contributed by atoms with Crippen LogP contribution in [0.4, 0.5) is 0 Å². The van der Waals surface area contributed by atoms with Crippen molar-refractivity contribution in [2.24, 2.45) is 68.1 Å². The maximum absolute atomic E-state index is 13.9. The summed E-state index contributed by atoms with van der Waals surface area (Å²) in [5.41, 5.74) is 33.1. The summed E-state index contributed by atoms with van der Waals surface area (Å²) < 4.78 is 0. The highest BCUT2D eigenvalue weighted by Gasteiger charge is 2.36. The smallest absolute Gasteiger partial charge is 0.245 e. The number of aliphatic hydroxyl groups excluding tert-OH is 2. The van der Waals surface area contributed by atoms with Crippen molar-refractivity contribution < 1.29 is 53.4 Å². The Morgan fingerprint density at radius 3 is 1.14 bits per heavy atom. The molecule has 0 rings (SSSR count). The van der Waals surface area contributed by atoms with Gasteiger partial charge >= 0.3 is 0 Å². The van der Waals surface area contributed by atoms with Crippen molar-refractivity contribution in [2.45, 2.75) is 181 Å². The van der Waals surface area contributed by atoms with Crippen LogP contribution < -0.4 is 76.9 Å². The van der Waals surface area contributed by atoms with Gasteiger partial charge in [-0.15, -0.1) is 0 Å². The summed E-state index contributed by atoms with van der Waals surface area (Å²) >= 11 is 0. The van der Waals surface area contributed by atoms with Gasteiger partial charge in [-0.25, -0.2) is 0 Å². The van der Waals surface area contributed by atoms with Gasteiger partial charge in [0.2, 0.25) is 53.2 Å². The molecule has 418 valence electrons. The fraction of sp³-hybridized carbons (Fsp3) is 0.761. The average molecular weight is 1040 g/mol. The molecular weight excluding hydrogens is 953 g/mol. The molecule has 0 aromatic carbocycles. The number of rotatable bonds is 35. The Labute approximate surface area is 428 Å². The van der Waals surface area contributed by atoms with Crippen LogP contribution in [0.2, 0.25) is 0 Å². The first-order chi connectivity index (χ1) is 33.9. The lowest BCUT2D eigenvalue weighted by molar-refractivity contribution is -0.136. The van der Waals surface area contributed by atoms with E-state index >= 15 is 0 Å². The Balaban J connectivity index is 6.30. The molecule has 27 heteroatoms. The Morgan fingerprint density at radius 2 is 0.767 bits per heavy atom. The van der Waals surface area contributed by atoms with Crippen LogP contribution >= 0.6 is 0 Å². The van der Waals surface area contributed by atoms with Crippen molar-refractivity contribution in [2.75, 3.05) is 19.6 Å². The van der Waals surface area contributed by atoms with E-state index in [9.17, 15) is 53.4 Å². The quantitative estimate of drug-likeness (QED) is 0.0161. The minimum absolute atomic E-state index is 0.0342. The van der Waals surface area contributed by atoms with E-state index < -0.39 is 120 Å². The summed E-state index contributed by atoms with van der Waals surface area (Å²) in [6.07, 6.45) is -1.90. The second-order valence-electron chi connectivity index (χ2n) is 20.0. The number of hydrogen-bond donors (Lipinski definition) is 16. The molecule has 0 saturated carbocycles. The number of nitrogens with one attached hydrogen (secondary N) is 8. The highest BCUT2D eigenvalue weighted by atomic mass is 16.3. The minimum atomic E-state index is -1.63. The highest BCUT2D eigenvalue weighted by Crippen LogP contribution is 2.12. The lowest BCUT2D eigenvalue weighted by Gasteiger charge is -2.28. The third kappa shape index (κ3) is 28.5. The molecule has 10 atom stereocenters. The monoisotopic (exact) mass is 1040 g/mol. The molecule has 27 nitrogen and oxygen atoms in total. The summed E-state index contributed by atoms with van der Waals surface area (Å²) in [4.78, 5) is 128. The predicted octanol–water partition coefficient (Wildman–Crippen LogP) is -4.64. The van der Waals surface area contributed by atoms with Crippen LogP contribution in [-0.2, 0) is 43.2 Å². The topological polar surface area (TPSA) is 471 Å². The van der Waals surface area contributed by atoms with Crippen LogP contribution in [-0.4, -0.2) is 155 Å². The normalized spacial score (nSPS) is 15.4. The molecule has 0 saturated heterocycles. The van der Waals surface area contributed by atoms with E-state index in [4.69, 9.17) is 34.4 Å². The van der Waals surface area contributed by atoms with Crippen LogP contribution in [0.15, 0.2) is 9.98 Å². The number of hydrogen-bond acceptors (Lipinski definition) is 14. The number of guanidine groups is 2. The number of amides is 9. The van der Waals surface area contributed by atoms with Crippen LogP contribution in [0.1, 0.15) is 121 Å². The number of aliphatic hydroxyl groups is 2. The van der Waals surface area contributed by atoms with Crippen molar-refractivity contribution in [3.63, 3.8) is 0 Å². The van der Waals surface area contributed by atoms with Crippen LogP contribution in [0.25, 0.3) is 0 Å². The SMILES string of the molecule is CC(C)C[C@H](NC(=O)CNC(=O)[C@H](CCCN=C(N)N)NC(=O)[C@H](CC(C)C)NC(=O)[C@@H](NC(=O)[C@@H](N)CC(C)C)[C@@H](C)O)C(=O)N[C@H](C(=O)N[C@@H](CC(C)C)C(=O)N[C@@H](CCCN=C(N)N)C(N)=O)[C@@H](C)O. The first kappa shape index (κ1) is 66.6. The summed E-state index contributed by atoms with van der Waals surface area (Å²) in [6, 6.07) is -10.3. The van der Waals surface area contributed by atoms with Gasteiger partial charge in [0.15, 0.2) is 11.9 Å². The Morgan fingerprint density at radius 1 is 0.425 bits per heavy atom. The molecule has 0 radical (unpaired) electrons. The van der Waals surface area contributed by atoms with Gasteiger partial charge in [-0.3, -0.25) is 53.1 Å². The van der Waals surface area contributed by atoms with E-state index in [1.165, 1.54) is 13.8 Å². The molecule has 0 fully saturated rings. The van der Waals surface area contributed by atoms with Crippen LogP contribution in [0.3, 0.4) is 0 Å². The zero-order chi connectivity index (χ0) is 56.3. The third-order valence-corrected chi connectivity index (χ3v) is 10.8. The average Bonchev–Trinajstić information content (AvgIpc) is 3.26. The summed E-state index contributed by atoms with van der Waals surface area (Å²) in [6.45, 7) is 16.4. The zero-order valence-electron chi connectivity index (χ0n) is 44.3. The molecule has 0 unspecified atom stereocenters. The molecule has 0 aromatic rings. The molecule has 0 aliphatic rings. The van der Waals surface area contributed by atoms with Gasteiger partial charge in [-0.1, -0.05) is 55.4 Å². The number of carbonyl (C=O) groups is 9. The maximum atomic E-state index is 13.9. The number of aliphatic imine (C=N–C) groups is 2. The molecule has 0 bridgehead atoms. The molecule has 0 aliphatic heterocycles. The lowest BCUT2D eigenvalue weighted by atomic mass is 10.0. The number of nitrogens with zero attached hydrogens (tertiary/aromatic N) is 2. The van der Waals surface area contributed by atoms with Crippen molar-refractivity contribution in [3.8, 4) is 0 Å². The number of nitrogens with two attached hydrogens (primary N) is 6. The Bertz CT molecular complexity index is 1870. The highest BCUT2D eigenvalue weighted by molar-refractivity contribution is 5.97. The van der Waals surface area contributed by atoms with E-state index in [0.29, 0.717) is 12.8 Å². The van der Waals surface area contributed by atoms with E-state index in [0.717, 1.165) is 0 Å². The Kier molecular flexibility index (Phi) is 31.2. The third-order valence-electron chi connectivity index (χ3n) is 10.8. The fourth-order valence-electron chi connectivity index (χ4n) is 7.21. The summed E-state index contributed by atoms with van der Waals surface area (Å²) in [5, 5.41) is 41.3. The molecular formula is C46H88N16O11. The predicted molar refractivity (Wildman–Crippen MR) is 275 cm³/mol. The lowest BCUT2D eigenvalue weighted by Crippen LogP contribution is -2.61. The molecule has 73 heavy (non-hydrogen) atoms. The second-order valence-corrected chi connectivity index (χ2v) is 20.0.